The molecule has 4 nitrogen and oxygen atoms in total. The van der Waals surface area contributed by atoms with Crippen LogP contribution in [0, 0.1) is 0 Å². The van der Waals surface area contributed by atoms with Gasteiger partial charge in [-0.2, -0.15) is 10.2 Å². The summed E-state index contributed by atoms with van der Waals surface area (Å²) in [5.74, 6) is 0.805. The Kier molecular flexibility index (Phi) is 2.95. The van der Waals surface area contributed by atoms with E-state index in [1.54, 1.807) is 25.3 Å². The SMILES string of the molecule is C/C=N\N=C/c1ccc(C=O)o1. The third-order valence-corrected chi connectivity index (χ3v) is 1.13. The molecule has 0 atom stereocenters. The number of hydrogen-bond acceptors (Lipinski definition) is 4. The predicted octanol–water partition coefficient (Wildman–Crippen LogP) is 1.52. The third-order valence-electron chi connectivity index (χ3n) is 1.13. The van der Waals surface area contributed by atoms with Crippen LogP contribution >= 0.6 is 0 Å². The molecule has 1 heterocycles. The molecule has 0 fully saturated rings. The van der Waals surface area contributed by atoms with Gasteiger partial charge < -0.3 is 4.42 Å². The summed E-state index contributed by atoms with van der Waals surface area (Å²) < 4.78 is 4.99. The Labute approximate surface area is 69.6 Å². The number of rotatable bonds is 3. The lowest BCUT2D eigenvalue weighted by Crippen LogP contribution is -1.73. The van der Waals surface area contributed by atoms with Crippen LogP contribution in [0.4, 0.5) is 0 Å². The first-order chi connectivity index (χ1) is 5.86. The lowest BCUT2D eigenvalue weighted by molar-refractivity contribution is 0.110. The Bertz CT molecular complexity index is 313. The van der Waals surface area contributed by atoms with E-state index in [0.717, 1.165) is 0 Å². The number of aldehydes is 1. The normalized spacial score (nSPS) is 11.4. The van der Waals surface area contributed by atoms with Crippen molar-refractivity contribution in [2.24, 2.45) is 10.2 Å². The first-order valence-corrected chi connectivity index (χ1v) is 3.43. The number of hydrogen-bond donors (Lipinski definition) is 0. The molecule has 1 aromatic heterocycles. The highest BCUT2D eigenvalue weighted by molar-refractivity contribution is 5.79. The maximum atomic E-state index is 10.2. The molecule has 0 aliphatic heterocycles. The van der Waals surface area contributed by atoms with E-state index in [1.165, 1.54) is 6.21 Å². The first-order valence-electron chi connectivity index (χ1n) is 3.43. The number of nitrogens with zero attached hydrogens (tertiary/aromatic N) is 2. The molecule has 0 spiro atoms. The maximum absolute atomic E-state index is 10.2. The molecular formula is C8H8N2O2. The van der Waals surface area contributed by atoms with Crippen molar-refractivity contribution < 1.29 is 9.21 Å². The van der Waals surface area contributed by atoms with E-state index in [0.29, 0.717) is 12.0 Å². The molecule has 0 aliphatic carbocycles. The average molecular weight is 164 g/mol. The Morgan fingerprint density at radius 2 is 2.08 bits per heavy atom. The van der Waals surface area contributed by atoms with Gasteiger partial charge in [0.05, 0.1) is 6.21 Å². The molecule has 0 N–H and O–H groups in total. The van der Waals surface area contributed by atoms with Crippen molar-refractivity contribution in [2.75, 3.05) is 0 Å². The van der Waals surface area contributed by atoms with E-state index < -0.39 is 0 Å². The molecule has 0 aromatic carbocycles. The second-order valence-electron chi connectivity index (χ2n) is 1.98. The number of carbonyl (C=O) groups is 1. The first kappa shape index (κ1) is 8.39. The Morgan fingerprint density at radius 1 is 1.33 bits per heavy atom. The Hall–Kier alpha value is -1.71. The molecule has 12 heavy (non-hydrogen) atoms. The van der Waals surface area contributed by atoms with Crippen molar-refractivity contribution in [3.05, 3.63) is 23.7 Å². The van der Waals surface area contributed by atoms with E-state index in [2.05, 4.69) is 10.2 Å². The second kappa shape index (κ2) is 4.23. The van der Waals surface area contributed by atoms with Crippen LogP contribution in [-0.2, 0) is 0 Å². The Balaban J connectivity index is 2.69. The van der Waals surface area contributed by atoms with Gasteiger partial charge in [-0.1, -0.05) is 0 Å². The van der Waals surface area contributed by atoms with Crippen molar-refractivity contribution in [3.8, 4) is 0 Å². The van der Waals surface area contributed by atoms with Crippen LogP contribution in [0.2, 0.25) is 0 Å². The molecule has 62 valence electrons. The van der Waals surface area contributed by atoms with Crippen molar-refractivity contribution in [1.82, 2.24) is 0 Å². The van der Waals surface area contributed by atoms with Gasteiger partial charge in [0.25, 0.3) is 0 Å². The number of furan rings is 1. The Morgan fingerprint density at radius 3 is 2.67 bits per heavy atom. The zero-order valence-electron chi connectivity index (χ0n) is 6.60. The predicted molar refractivity (Wildman–Crippen MR) is 45.9 cm³/mol. The van der Waals surface area contributed by atoms with Gasteiger partial charge in [-0.25, -0.2) is 0 Å². The summed E-state index contributed by atoms with van der Waals surface area (Å²) in [6, 6.07) is 3.22. The monoisotopic (exact) mass is 164 g/mol. The van der Waals surface area contributed by atoms with Gasteiger partial charge >= 0.3 is 0 Å². The van der Waals surface area contributed by atoms with Crippen molar-refractivity contribution in [1.29, 1.82) is 0 Å². The van der Waals surface area contributed by atoms with Gasteiger partial charge in [-0.05, 0) is 19.1 Å². The lowest BCUT2D eigenvalue weighted by Gasteiger charge is -1.80. The van der Waals surface area contributed by atoms with Gasteiger partial charge in [0.15, 0.2) is 12.0 Å². The molecular weight excluding hydrogens is 156 g/mol. The van der Waals surface area contributed by atoms with Gasteiger partial charge in [0.1, 0.15) is 5.76 Å². The highest BCUT2D eigenvalue weighted by Gasteiger charge is 1.95. The van der Waals surface area contributed by atoms with E-state index in [1.807, 2.05) is 0 Å². The molecule has 0 saturated carbocycles. The molecule has 1 rings (SSSR count). The molecule has 0 amide bonds. The topological polar surface area (TPSA) is 54.9 Å². The van der Waals surface area contributed by atoms with Crippen LogP contribution in [0.15, 0.2) is 26.8 Å². The largest absolute Gasteiger partial charge is 0.452 e. The summed E-state index contributed by atoms with van der Waals surface area (Å²) in [4.78, 5) is 10.2. The highest BCUT2D eigenvalue weighted by atomic mass is 16.3. The molecule has 0 bridgehead atoms. The van der Waals surface area contributed by atoms with Gasteiger partial charge in [-0.15, -0.1) is 0 Å². The molecule has 0 saturated heterocycles. The molecule has 4 heteroatoms. The standard InChI is InChI=1S/C8H8N2O2/c1-2-9-10-5-7-3-4-8(6-11)12-7/h2-6H,1H3/b9-2-,10-5-. The smallest absolute Gasteiger partial charge is 0.185 e. The van der Waals surface area contributed by atoms with Gasteiger partial charge in [0, 0.05) is 6.21 Å². The van der Waals surface area contributed by atoms with Crippen molar-refractivity contribution in [3.63, 3.8) is 0 Å². The van der Waals surface area contributed by atoms with Crippen LogP contribution in [-0.4, -0.2) is 18.7 Å². The summed E-state index contributed by atoms with van der Waals surface area (Å²) in [5.41, 5.74) is 0. The molecule has 0 radical (unpaired) electrons. The van der Waals surface area contributed by atoms with E-state index >= 15 is 0 Å². The van der Waals surface area contributed by atoms with Crippen LogP contribution in [0.1, 0.15) is 23.2 Å². The van der Waals surface area contributed by atoms with Gasteiger partial charge in [-0.3, -0.25) is 4.79 Å². The van der Waals surface area contributed by atoms with Crippen molar-refractivity contribution in [2.45, 2.75) is 6.92 Å². The van der Waals surface area contributed by atoms with Gasteiger partial charge in [0.2, 0.25) is 0 Å². The fourth-order valence-corrected chi connectivity index (χ4v) is 0.658. The summed E-state index contributed by atoms with van der Waals surface area (Å²) in [7, 11) is 0. The minimum absolute atomic E-state index is 0.289. The van der Waals surface area contributed by atoms with E-state index in [9.17, 15) is 4.79 Å². The zero-order chi connectivity index (χ0) is 8.81. The average Bonchev–Trinajstić information content (AvgIpc) is 2.53. The summed E-state index contributed by atoms with van der Waals surface area (Å²) in [6.07, 6.45) is 3.63. The van der Waals surface area contributed by atoms with Crippen LogP contribution in [0.25, 0.3) is 0 Å². The highest BCUT2D eigenvalue weighted by Crippen LogP contribution is 2.02. The molecule has 0 aliphatic rings. The minimum Gasteiger partial charge on any atom is -0.452 e. The fraction of sp³-hybridized carbons (Fsp3) is 0.125. The van der Waals surface area contributed by atoms with E-state index in [-0.39, 0.29) is 5.76 Å². The quantitative estimate of drug-likeness (QED) is 0.386. The summed E-state index contributed by atoms with van der Waals surface area (Å²) in [5, 5.41) is 7.24. The lowest BCUT2D eigenvalue weighted by atomic mass is 10.4. The van der Waals surface area contributed by atoms with Crippen LogP contribution < -0.4 is 0 Å². The summed E-state index contributed by atoms with van der Waals surface area (Å²) in [6.45, 7) is 1.76. The van der Waals surface area contributed by atoms with Crippen LogP contribution in [0.3, 0.4) is 0 Å². The zero-order valence-corrected chi connectivity index (χ0v) is 6.60. The third kappa shape index (κ3) is 2.16. The maximum Gasteiger partial charge on any atom is 0.185 e. The number of carbonyl (C=O) groups excluding carboxylic acids is 1. The summed E-state index contributed by atoms with van der Waals surface area (Å²) >= 11 is 0. The fourth-order valence-electron chi connectivity index (χ4n) is 0.658. The molecule has 1 aromatic rings. The van der Waals surface area contributed by atoms with E-state index in [4.69, 9.17) is 4.42 Å². The van der Waals surface area contributed by atoms with Crippen molar-refractivity contribution >= 4 is 18.7 Å². The molecule has 0 unspecified atom stereocenters. The minimum atomic E-state index is 0.289. The second-order valence-corrected chi connectivity index (χ2v) is 1.98. The van der Waals surface area contributed by atoms with Crippen LogP contribution in [0.5, 0.6) is 0 Å².